The maximum Gasteiger partial charge on any atom is 0.340 e. The Morgan fingerprint density at radius 3 is 2.53 bits per heavy atom. The summed E-state index contributed by atoms with van der Waals surface area (Å²) in [7, 11) is 0. The molecule has 0 fully saturated rings. The number of esters is 1. The van der Waals surface area contributed by atoms with E-state index in [1.165, 1.54) is 0 Å². The smallest absolute Gasteiger partial charge is 0.340 e. The van der Waals surface area contributed by atoms with Crippen LogP contribution in [0.15, 0.2) is 64.8 Å². The molecule has 7 heteroatoms. The molecule has 0 bridgehead atoms. The van der Waals surface area contributed by atoms with E-state index in [2.05, 4.69) is 4.98 Å². The van der Waals surface area contributed by atoms with Crippen LogP contribution in [0.5, 0.6) is 11.5 Å². The third-order valence-electron chi connectivity index (χ3n) is 4.98. The standard InChI is InChI=1S/C23H22N2O5/c1-3-28-14-11-9-13(10-12-14)17-18-20(30-21(24)19(17)23(27)29-4-2)15-7-5-6-8-16(15)25-22(18)26/h5-12,17H,3-4,24H2,1-2H3,(H,25,26)/t17-/m1/s1. The molecule has 1 atom stereocenters. The molecule has 0 radical (unpaired) electrons. The summed E-state index contributed by atoms with van der Waals surface area (Å²) in [5.41, 5.74) is 7.59. The van der Waals surface area contributed by atoms with Crippen LogP contribution in [-0.2, 0) is 9.53 Å². The average molecular weight is 406 g/mol. The van der Waals surface area contributed by atoms with Crippen molar-refractivity contribution in [1.29, 1.82) is 0 Å². The van der Waals surface area contributed by atoms with Gasteiger partial charge in [0, 0.05) is 5.39 Å². The van der Waals surface area contributed by atoms with Gasteiger partial charge in [0.15, 0.2) is 0 Å². The fraction of sp³-hybridized carbons (Fsp3) is 0.217. The molecule has 1 aliphatic rings. The summed E-state index contributed by atoms with van der Waals surface area (Å²) in [6.07, 6.45) is 0. The zero-order valence-corrected chi connectivity index (χ0v) is 16.7. The third-order valence-corrected chi connectivity index (χ3v) is 4.98. The van der Waals surface area contributed by atoms with Gasteiger partial charge in [-0.1, -0.05) is 24.3 Å². The summed E-state index contributed by atoms with van der Waals surface area (Å²) in [5.74, 6) is -0.395. The number of hydrogen-bond donors (Lipinski definition) is 2. The number of hydrogen-bond acceptors (Lipinski definition) is 6. The number of para-hydroxylation sites is 1. The molecular weight excluding hydrogens is 384 g/mol. The van der Waals surface area contributed by atoms with Crippen LogP contribution >= 0.6 is 0 Å². The predicted octanol–water partition coefficient (Wildman–Crippen LogP) is 3.18. The van der Waals surface area contributed by atoms with Crippen molar-refractivity contribution in [3.05, 3.63) is 81.5 Å². The second-order valence-electron chi connectivity index (χ2n) is 6.78. The fourth-order valence-electron chi connectivity index (χ4n) is 3.74. The number of aromatic nitrogens is 1. The predicted molar refractivity (Wildman–Crippen MR) is 112 cm³/mol. The van der Waals surface area contributed by atoms with Crippen LogP contribution < -0.4 is 20.8 Å². The second-order valence-corrected chi connectivity index (χ2v) is 6.78. The molecule has 2 heterocycles. The molecule has 0 spiro atoms. The van der Waals surface area contributed by atoms with Gasteiger partial charge < -0.3 is 24.9 Å². The maximum atomic E-state index is 13.1. The Labute approximate surface area is 173 Å². The molecule has 3 aromatic rings. The van der Waals surface area contributed by atoms with E-state index in [0.717, 1.165) is 0 Å². The lowest BCUT2D eigenvalue weighted by Gasteiger charge is -2.28. The Morgan fingerprint density at radius 1 is 1.10 bits per heavy atom. The Kier molecular flexibility index (Phi) is 5.18. The van der Waals surface area contributed by atoms with Crippen LogP contribution in [-0.4, -0.2) is 24.2 Å². The van der Waals surface area contributed by atoms with E-state index in [-0.39, 0.29) is 23.6 Å². The lowest BCUT2D eigenvalue weighted by Crippen LogP contribution is -2.32. The van der Waals surface area contributed by atoms with Crippen LogP contribution in [0.4, 0.5) is 0 Å². The minimum absolute atomic E-state index is 0.0735. The van der Waals surface area contributed by atoms with E-state index >= 15 is 0 Å². The normalized spacial score (nSPS) is 15.5. The number of carbonyl (C=O) groups is 1. The topological polar surface area (TPSA) is 104 Å². The van der Waals surface area contributed by atoms with E-state index in [1.807, 2.05) is 37.3 Å². The number of nitrogens with two attached hydrogens (primary N) is 1. The minimum Gasteiger partial charge on any atom is -0.494 e. The molecule has 0 aliphatic carbocycles. The Hall–Kier alpha value is -3.74. The van der Waals surface area contributed by atoms with Gasteiger partial charge >= 0.3 is 5.97 Å². The van der Waals surface area contributed by atoms with Crippen molar-refractivity contribution >= 4 is 16.9 Å². The molecule has 1 aliphatic heterocycles. The molecule has 7 nitrogen and oxygen atoms in total. The van der Waals surface area contributed by atoms with Gasteiger partial charge in [-0.2, -0.15) is 0 Å². The largest absolute Gasteiger partial charge is 0.494 e. The van der Waals surface area contributed by atoms with E-state index in [1.54, 1.807) is 25.1 Å². The SMILES string of the molecule is CCOC(=O)C1=C(N)Oc2c(c(=O)[nH]c3ccccc23)[C@H]1c1ccc(OCC)cc1. The first-order valence-electron chi connectivity index (χ1n) is 9.77. The third kappa shape index (κ3) is 3.28. The molecule has 3 N–H and O–H groups in total. The molecule has 154 valence electrons. The van der Waals surface area contributed by atoms with E-state index < -0.39 is 11.9 Å². The van der Waals surface area contributed by atoms with Gasteiger partial charge in [-0.15, -0.1) is 0 Å². The number of pyridine rings is 1. The van der Waals surface area contributed by atoms with E-state index in [4.69, 9.17) is 19.9 Å². The molecule has 2 aromatic carbocycles. The molecule has 0 saturated carbocycles. The number of rotatable bonds is 5. The first-order chi connectivity index (χ1) is 14.5. The lowest BCUT2D eigenvalue weighted by atomic mass is 9.83. The van der Waals surface area contributed by atoms with Crippen LogP contribution in [0.3, 0.4) is 0 Å². The summed E-state index contributed by atoms with van der Waals surface area (Å²) in [4.78, 5) is 28.7. The monoisotopic (exact) mass is 406 g/mol. The number of nitrogens with one attached hydrogen (secondary N) is 1. The molecule has 0 unspecified atom stereocenters. The first kappa shape index (κ1) is 19.6. The number of H-pyrrole nitrogens is 1. The van der Waals surface area contributed by atoms with Crippen molar-refractivity contribution in [2.45, 2.75) is 19.8 Å². The maximum absolute atomic E-state index is 13.1. The van der Waals surface area contributed by atoms with Crippen molar-refractivity contribution in [1.82, 2.24) is 4.98 Å². The van der Waals surface area contributed by atoms with Gasteiger partial charge in [0.1, 0.15) is 17.1 Å². The van der Waals surface area contributed by atoms with Crippen LogP contribution in [0, 0.1) is 0 Å². The molecule has 0 amide bonds. The number of carbonyl (C=O) groups excluding carboxylic acids is 1. The van der Waals surface area contributed by atoms with Gasteiger partial charge in [-0.25, -0.2) is 4.79 Å². The Bertz CT molecular complexity index is 1190. The van der Waals surface area contributed by atoms with Crippen LogP contribution in [0.2, 0.25) is 0 Å². The van der Waals surface area contributed by atoms with Gasteiger partial charge in [0.05, 0.1) is 30.2 Å². The van der Waals surface area contributed by atoms with Crippen LogP contribution in [0.1, 0.15) is 30.9 Å². The minimum atomic E-state index is -0.739. The fourth-order valence-corrected chi connectivity index (χ4v) is 3.74. The van der Waals surface area contributed by atoms with E-state index in [9.17, 15) is 9.59 Å². The van der Waals surface area contributed by atoms with Crippen molar-refractivity contribution in [3.8, 4) is 11.5 Å². The lowest BCUT2D eigenvalue weighted by molar-refractivity contribution is -0.139. The molecule has 1 aromatic heterocycles. The molecule has 0 saturated heterocycles. The zero-order valence-electron chi connectivity index (χ0n) is 16.7. The average Bonchev–Trinajstić information content (AvgIpc) is 2.74. The highest BCUT2D eigenvalue weighted by atomic mass is 16.5. The molecular formula is C23H22N2O5. The van der Waals surface area contributed by atoms with E-state index in [0.29, 0.717) is 40.1 Å². The number of fused-ring (bicyclic) bond motifs is 3. The summed E-state index contributed by atoms with van der Waals surface area (Å²) in [6, 6.07) is 14.5. The Morgan fingerprint density at radius 2 is 1.83 bits per heavy atom. The van der Waals surface area contributed by atoms with Gasteiger partial charge in [0.2, 0.25) is 5.88 Å². The van der Waals surface area contributed by atoms with Gasteiger partial charge in [0.25, 0.3) is 5.56 Å². The highest BCUT2D eigenvalue weighted by molar-refractivity contribution is 5.95. The number of benzene rings is 2. The van der Waals surface area contributed by atoms with Crippen molar-refractivity contribution in [2.24, 2.45) is 5.73 Å². The highest BCUT2D eigenvalue weighted by Crippen LogP contribution is 2.43. The highest BCUT2D eigenvalue weighted by Gasteiger charge is 2.38. The van der Waals surface area contributed by atoms with Crippen LogP contribution in [0.25, 0.3) is 10.9 Å². The first-order valence-corrected chi connectivity index (χ1v) is 9.77. The second kappa shape index (κ2) is 7.94. The summed E-state index contributed by atoms with van der Waals surface area (Å²) >= 11 is 0. The quantitative estimate of drug-likeness (QED) is 0.631. The summed E-state index contributed by atoms with van der Waals surface area (Å²) < 4.78 is 16.6. The molecule has 4 rings (SSSR count). The van der Waals surface area contributed by atoms with Gasteiger partial charge in [-0.3, -0.25) is 4.79 Å². The van der Waals surface area contributed by atoms with Gasteiger partial charge in [-0.05, 0) is 43.7 Å². The number of aromatic amines is 1. The van der Waals surface area contributed by atoms with Crippen molar-refractivity contribution in [3.63, 3.8) is 0 Å². The Balaban J connectivity index is 1.97. The van der Waals surface area contributed by atoms with Crippen molar-refractivity contribution in [2.75, 3.05) is 13.2 Å². The summed E-state index contributed by atoms with van der Waals surface area (Å²) in [5, 5.41) is 0.703. The number of ether oxygens (including phenoxy) is 3. The summed E-state index contributed by atoms with van der Waals surface area (Å²) in [6.45, 7) is 4.31. The zero-order chi connectivity index (χ0) is 21.3. The van der Waals surface area contributed by atoms with Crippen molar-refractivity contribution < 1.29 is 19.0 Å². The molecule has 30 heavy (non-hydrogen) atoms.